The second-order valence-corrected chi connectivity index (χ2v) is 3.66. The molecule has 1 saturated heterocycles. The molecule has 3 N–H and O–H groups in total. The van der Waals surface area contributed by atoms with E-state index in [1.54, 1.807) is 0 Å². The number of carbonyl (C=O) groups excluding carboxylic acids is 1. The number of hydrogen-bond acceptors (Lipinski definition) is 5. The summed E-state index contributed by atoms with van der Waals surface area (Å²) in [5, 5.41) is 27.4. The molecule has 0 spiro atoms. The van der Waals surface area contributed by atoms with Crippen molar-refractivity contribution in [3.8, 4) is 0 Å². The second-order valence-electron chi connectivity index (χ2n) is 3.66. The van der Waals surface area contributed by atoms with E-state index < -0.39 is 42.3 Å². The Bertz CT molecular complexity index is 322. The maximum atomic E-state index is 11.2. The molecule has 1 aliphatic heterocycles. The van der Waals surface area contributed by atoms with Gasteiger partial charge in [-0.15, -0.1) is 0 Å². The van der Waals surface area contributed by atoms with E-state index in [0.717, 1.165) is 0 Å². The minimum atomic E-state index is -2.59. The van der Waals surface area contributed by atoms with Crippen LogP contribution in [0, 0.1) is 5.92 Å². The second kappa shape index (κ2) is 4.58. The van der Waals surface area contributed by atoms with Gasteiger partial charge in [-0.3, -0.25) is 9.59 Å². The minimum absolute atomic E-state index is 0.0259. The first-order chi connectivity index (χ1) is 7.38. The van der Waals surface area contributed by atoms with Gasteiger partial charge >= 0.3 is 11.9 Å². The number of aliphatic hydroxyl groups is 1. The third-order valence-electron chi connectivity index (χ3n) is 2.52. The van der Waals surface area contributed by atoms with Crippen LogP contribution in [0.25, 0.3) is 0 Å². The number of ether oxygens (including phenoxy) is 1. The Hall–Kier alpha value is -1.47. The van der Waals surface area contributed by atoms with Crippen molar-refractivity contribution in [1.82, 2.24) is 0 Å². The summed E-state index contributed by atoms with van der Waals surface area (Å²) in [5.74, 6) is -5.40. The number of aliphatic carboxylic acids is 2. The summed E-state index contributed by atoms with van der Waals surface area (Å²) in [6.07, 6.45) is -0.732. The molecule has 0 radical (unpaired) electrons. The van der Waals surface area contributed by atoms with Gasteiger partial charge in [-0.05, 0) is 0 Å². The summed E-state index contributed by atoms with van der Waals surface area (Å²) in [6.45, 7) is -0.385. The third kappa shape index (κ3) is 2.37. The lowest BCUT2D eigenvalue weighted by Gasteiger charge is -2.30. The number of ketones is 1. The van der Waals surface area contributed by atoms with Crippen molar-refractivity contribution in [2.75, 3.05) is 13.2 Å². The zero-order valence-electron chi connectivity index (χ0n) is 8.38. The zero-order chi connectivity index (χ0) is 12.3. The first-order valence-corrected chi connectivity index (χ1v) is 4.66. The number of rotatable bonds is 2. The topological polar surface area (TPSA) is 121 Å². The van der Waals surface area contributed by atoms with Crippen molar-refractivity contribution in [3.05, 3.63) is 0 Å². The van der Waals surface area contributed by atoms with Gasteiger partial charge in [-0.1, -0.05) is 0 Å². The SMILES string of the molecule is O=C1CCOCC(C(=O)O)C(O)(C(=O)O)C1. The van der Waals surface area contributed by atoms with Crippen molar-refractivity contribution in [2.45, 2.75) is 18.4 Å². The summed E-state index contributed by atoms with van der Waals surface area (Å²) >= 11 is 0. The van der Waals surface area contributed by atoms with Crippen molar-refractivity contribution >= 4 is 17.7 Å². The minimum Gasteiger partial charge on any atom is -0.481 e. The van der Waals surface area contributed by atoms with Crippen LogP contribution in [0.3, 0.4) is 0 Å². The van der Waals surface area contributed by atoms with Gasteiger partial charge in [0.15, 0.2) is 5.60 Å². The Labute approximate surface area is 90.6 Å². The highest BCUT2D eigenvalue weighted by Crippen LogP contribution is 2.26. The Morgan fingerprint density at radius 2 is 2.00 bits per heavy atom. The molecule has 7 nitrogen and oxygen atoms in total. The van der Waals surface area contributed by atoms with Crippen LogP contribution in [-0.4, -0.2) is 51.9 Å². The number of Topliss-reactive ketones (excluding diaryl/α,β-unsaturated/α-hetero) is 1. The summed E-state index contributed by atoms with van der Waals surface area (Å²) in [7, 11) is 0. The van der Waals surface area contributed by atoms with E-state index in [1.165, 1.54) is 0 Å². The fourth-order valence-electron chi connectivity index (χ4n) is 1.54. The van der Waals surface area contributed by atoms with Crippen LogP contribution in [0.2, 0.25) is 0 Å². The van der Waals surface area contributed by atoms with Crippen LogP contribution in [0.1, 0.15) is 12.8 Å². The first kappa shape index (κ1) is 12.6. The molecule has 0 aromatic rings. The molecule has 7 heteroatoms. The predicted molar refractivity (Wildman–Crippen MR) is 48.8 cm³/mol. The Morgan fingerprint density at radius 3 is 2.50 bits per heavy atom. The summed E-state index contributed by atoms with van der Waals surface area (Å²) in [6, 6.07) is 0. The van der Waals surface area contributed by atoms with Crippen molar-refractivity contribution < 1.29 is 34.4 Å². The highest BCUT2D eigenvalue weighted by atomic mass is 16.5. The van der Waals surface area contributed by atoms with E-state index in [2.05, 4.69) is 0 Å². The monoisotopic (exact) mass is 232 g/mol. The average molecular weight is 232 g/mol. The standard InChI is InChI=1S/C9H12O7/c10-5-1-2-16-4-6(7(11)12)9(15,3-5)8(13)14/h6,15H,1-4H2,(H,11,12)(H,13,14). The van der Waals surface area contributed by atoms with E-state index in [0.29, 0.717) is 0 Å². The largest absolute Gasteiger partial charge is 0.481 e. The summed E-state index contributed by atoms with van der Waals surface area (Å²) in [4.78, 5) is 32.9. The lowest BCUT2D eigenvalue weighted by atomic mass is 9.82. The Kier molecular flexibility index (Phi) is 3.61. The normalized spacial score (nSPS) is 31.6. The van der Waals surface area contributed by atoms with Gasteiger partial charge in [-0.25, -0.2) is 4.79 Å². The first-order valence-electron chi connectivity index (χ1n) is 4.66. The quantitative estimate of drug-likeness (QED) is 0.551. The molecular weight excluding hydrogens is 220 g/mol. The van der Waals surface area contributed by atoms with Gasteiger partial charge in [0, 0.05) is 12.8 Å². The van der Waals surface area contributed by atoms with E-state index in [9.17, 15) is 19.5 Å². The lowest BCUT2D eigenvalue weighted by molar-refractivity contribution is -0.182. The lowest BCUT2D eigenvalue weighted by Crippen LogP contribution is -2.53. The van der Waals surface area contributed by atoms with Crippen LogP contribution < -0.4 is 0 Å². The molecule has 1 aliphatic rings. The molecule has 0 aromatic heterocycles. The van der Waals surface area contributed by atoms with Gasteiger partial charge < -0.3 is 20.1 Å². The zero-order valence-corrected chi connectivity index (χ0v) is 8.38. The molecule has 16 heavy (non-hydrogen) atoms. The van der Waals surface area contributed by atoms with Gasteiger partial charge in [0.25, 0.3) is 0 Å². The number of hydrogen-bond donors (Lipinski definition) is 3. The van der Waals surface area contributed by atoms with Gasteiger partial charge in [0.1, 0.15) is 11.7 Å². The molecule has 90 valence electrons. The Morgan fingerprint density at radius 1 is 1.38 bits per heavy atom. The fraction of sp³-hybridized carbons (Fsp3) is 0.667. The van der Waals surface area contributed by atoms with Gasteiger partial charge in [0.2, 0.25) is 0 Å². The summed E-state index contributed by atoms with van der Waals surface area (Å²) in [5.41, 5.74) is -2.59. The predicted octanol–water partition coefficient (Wildman–Crippen LogP) is -1.12. The molecule has 0 aliphatic carbocycles. The van der Waals surface area contributed by atoms with Crippen LogP contribution in [0.5, 0.6) is 0 Å². The maximum Gasteiger partial charge on any atom is 0.337 e. The molecule has 2 atom stereocenters. The molecular formula is C9H12O7. The van der Waals surface area contributed by atoms with E-state index >= 15 is 0 Å². The van der Waals surface area contributed by atoms with Crippen LogP contribution >= 0.6 is 0 Å². The molecule has 0 amide bonds. The van der Waals surface area contributed by atoms with Crippen molar-refractivity contribution in [2.24, 2.45) is 5.92 Å². The molecule has 0 aromatic carbocycles. The fourth-order valence-corrected chi connectivity index (χ4v) is 1.54. The molecule has 1 rings (SSSR count). The molecule has 2 unspecified atom stereocenters. The number of carboxylic acids is 2. The molecule has 1 heterocycles. The average Bonchev–Trinajstić information content (AvgIpc) is 2.13. The van der Waals surface area contributed by atoms with Gasteiger partial charge in [-0.2, -0.15) is 0 Å². The number of carboxylic acid groups (broad SMARTS) is 2. The smallest absolute Gasteiger partial charge is 0.337 e. The van der Waals surface area contributed by atoms with E-state index in [4.69, 9.17) is 14.9 Å². The summed E-state index contributed by atoms with van der Waals surface area (Å²) < 4.78 is 4.84. The van der Waals surface area contributed by atoms with Crippen LogP contribution in [0.4, 0.5) is 0 Å². The van der Waals surface area contributed by atoms with E-state index in [1.807, 2.05) is 0 Å². The molecule has 1 fully saturated rings. The third-order valence-corrected chi connectivity index (χ3v) is 2.52. The highest BCUT2D eigenvalue weighted by Gasteiger charge is 2.50. The molecule has 0 bridgehead atoms. The van der Waals surface area contributed by atoms with Crippen molar-refractivity contribution in [1.29, 1.82) is 0 Å². The Balaban J connectivity index is 3.04. The highest BCUT2D eigenvalue weighted by molar-refractivity contribution is 5.92. The van der Waals surface area contributed by atoms with Gasteiger partial charge in [0.05, 0.1) is 13.2 Å². The molecule has 0 saturated carbocycles. The number of carbonyl (C=O) groups is 3. The van der Waals surface area contributed by atoms with Crippen LogP contribution in [0.15, 0.2) is 0 Å². The van der Waals surface area contributed by atoms with Crippen LogP contribution in [-0.2, 0) is 19.1 Å². The van der Waals surface area contributed by atoms with E-state index in [-0.39, 0.29) is 13.0 Å². The maximum absolute atomic E-state index is 11.2. The van der Waals surface area contributed by atoms with Crippen molar-refractivity contribution in [3.63, 3.8) is 0 Å².